The molecular weight excluding hydrogens is 1020 g/mol. The molecule has 0 fully saturated rings. The number of benzene rings is 3. The van der Waals surface area contributed by atoms with Crippen LogP contribution in [0.15, 0.2) is 60.7 Å². The number of hydrogen-bond donors (Lipinski definition) is 4. The van der Waals surface area contributed by atoms with Gasteiger partial charge >= 0.3 is 5.97 Å². The third-order valence-corrected chi connectivity index (χ3v) is 15.8. The number of unbranched alkanes of at least 4 members (excludes halogenated alkanes) is 36. The van der Waals surface area contributed by atoms with Crippen LogP contribution in [0.1, 0.15) is 336 Å². The van der Waals surface area contributed by atoms with E-state index in [0.717, 1.165) is 70.6 Å². The molecule has 0 atom stereocenters. The lowest BCUT2D eigenvalue weighted by Crippen LogP contribution is -2.27. The topological polar surface area (TPSA) is 152 Å². The van der Waals surface area contributed by atoms with Gasteiger partial charge in [0.1, 0.15) is 5.75 Å². The zero-order valence-electron chi connectivity index (χ0n) is 52.2. The van der Waals surface area contributed by atoms with Gasteiger partial charge in [-0.2, -0.15) is 0 Å². The fourth-order valence-corrected chi connectivity index (χ4v) is 10.5. The normalized spacial score (nSPS) is 11.1. The molecule has 3 rings (SSSR count). The summed E-state index contributed by atoms with van der Waals surface area (Å²) in [5.74, 6) is -1.62. The number of esters is 1. The van der Waals surface area contributed by atoms with E-state index in [1.54, 1.807) is 42.5 Å². The van der Waals surface area contributed by atoms with E-state index in [-0.39, 0.29) is 52.0 Å². The molecule has 0 aromatic heterocycles. The second-order valence-corrected chi connectivity index (χ2v) is 23.2. The van der Waals surface area contributed by atoms with Crippen molar-refractivity contribution < 1.29 is 33.4 Å². The van der Waals surface area contributed by atoms with Crippen molar-refractivity contribution in [1.29, 1.82) is 0 Å². The largest absolute Gasteiger partial charge is 0.494 e. The number of hydrogen-bond acceptors (Lipinski definition) is 7. The Hall–Kier alpha value is -5.19. The Morgan fingerprint density at radius 2 is 0.622 bits per heavy atom. The standard InChI is InChI=1S/C71H114N4O7/c1-5-9-13-17-21-25-29-33-37-41-53-72-69(78)63-51-47-60(57-65(63)74-67(76)59-45-49-62(50-46-59)81-55-43-39-35-31-27-23-19-15-11-7-3)68(77)75-66-58-61(71(80)82-56-44-40-36-32-28-24-20-16-12-8-4)48-52-64(66)70(79)73-54-42-38-34-30-26-22-18-14-10-6-2/h45-52,57-58H,5-44,53-56H2,1-4H3,(H,72,78)(H,73,79)(H,74,76)(H,75,77). The van der Waals surface area contributed by atoms with Crippen molar-refractivity contribution in [2.24, 2.45) is 0 Å². The molecule has 0 bridgehead atoms. The molecule has 0 heterocycles. The van der Waals surface area contributed by atoms with Crippen LogP contribution in [0.5, 0.6) is 5.75 Å². The molecule has 0 radical (unpaired) electrons. The van der Waals surface area contributed by atoms with E-state index in [0.29, 0.717) is 31.0 Å². The van der Waals surface area contributed by atoms with Gasteiger partial charge in [-0.1, -0.05) is 259 Å². The molecule has 0 unspecified atom stereocenters. The summed E-state index contributed by atoms with van der Waals surface area (Å²) in [7, 11) is 0. The van der Waals surface area contributed by atoms with Crippen LogP contribution in [-0.2, 0) is 4.74 Å². The maximum Gasteiger partial charge on any atom is 0.338 e. The minimum absolute atomic E-state index is 0.142. The Morgan fingerprint density at radius 1 is 0.317 bits per heavy atom. The van der Waals surface area contributed by atoms with Crippen LogP contribution in [0.2, 0.25) is 0 Å². The number of rotatable bonds is 52. The van der Waals surface area contributed by atoms with Gasteiger partial charge in [-0.05, 0) is 86.3 Å². The molecule has 0 saturated carbocycles. The highest BCUT2D eigenvalue weighted by Crippen LogP contribution is 2.25. The van der Waals surface area contributed by atoms with Crippen LogP contribution in [0, 0.1) is 0 Å². The van der Waals surface area contributed by atoms with Gasteiger partial charge in [0.15, 0.2) is 0 Å². The molecule has 460 valence electrons. The molecule has 0 aliphatic carbocycles. The molecule has 11 nitrogen and oxygen atoms in total. The monoisotopic (exact) mass is 1130 g/mol. The molecule has 0 spiro atoms. The molecule has 82 heavy (non-hydrogen) atoms. The molecule has 3 aromatic carbocycles. The van der Waals surface area contributed by atoms with E-state index in [1.807, 2.05) is 0 Å². The molecule has 4 N–H and O–H groups in total. The first-order valence-electron chi connectivity index (χ1n) is 33.6. The highest BCUT2D eigenvalue weighted by molar-refractivity contribution is 6.13. The van der Waals surface area contributed by atoms with Gasteiger partial charge in [0.05, 0.1) is 41.3 Å². The Balaban J connectivity index is 1.75. The minimum Gasteiger partial charge on any atom is -0.494 e. The zero-order chi connectivity index (χ0) is 58.9. The first-order valence-corrected chi connectivity index (χ1v) is 33.6. The third-order valence-electron chi connectivity index (χ3n) is 15.8. The van der Waals surface area contributed by atoms with Crippen molar-refractivity contribution in [2.75, 3.05) is 36.9 Å². The smallest absolute Gasteiger partial charge is 0.338 e. The van der Waals surface area contributed by atoms with Crippen LogP contribution < -0.4 is 26.0 Å². The predicted molar refractivity (Wildman–Crippen MR) is 343 cm³/mol. The maximum atomic E-state index is 14.4. The highest BCUT2D eigenvalue weighted by atomic mass is 16.5. The summed E-state index contributed by atoms with van der Waals surface area (Å²) in [6, 6.07) is 16.2. The van der Waals surface area contributed by atoms with Gasteiger partial charge in [-0.25, -0.2) is 4.79 Å². The van der Waals surface area contributed by atoms with Gasteiger partial charge in [0.2, 0.25) is 0 Å². The Labute approximate surface area is 498 Å². The maximum absolute atomic E-state index is 14.4. The average Bonchev–Trinajstić information content (AvgIpc) is 3.55. The number of carbonyl (C=O) groups is 5. The van der Waals surface area contributed by atoms with Crippen molar-refractivity contribution >= 4 is 41.0 Å². The van der Waals surface area contributed by atoms with Gasteiger partial charge < -0.3 is 30.7 Å². The molecule has 4 amide bonds. The summed E-state index contributed by atoms with van der Waals surface area (Å²) in [6.45, 7) is 10.8. The fourth-order valence-electron chi connectivity index (χ4n) is 10.5. The predicted octanol–water partition coefficient (Wildman–Crippen LogP) is 19.9. The Morgan fingerprint density at radius 3 is 1.01 bits per heavy atom. The number of ether oxygens (including phenoxy) is 2. The molecule has 0 aliphatic rings. The number of anilines is 2. The van der Waals surface area contributed by atoms with Crippen LogP contribution in [0.25, 0.3) is 0 Å². The summed E-state index contributed by atoms with van der Waals surface area (Å²) < 4.78 is 11.7. The van der Waals surface area contributed by atoms with Crippen molar-refractivity contribution in [3.8, 4) is 5.75 Å². The second kappa shape index (κ2) is 48.2. The van der Waals surface area contributed by atoms with E-state index in [1.165, 1.54) is 204 Å². The third kappa shape index (κ3) is 33.2. The van der Waals surface area contributed by atoms with Crippen molar-refractivity contribution in [1.82, 2.24) is 10.6 Å². The SMILES string of the molecule is CCCCCCCCCCCCNC(=O)c1ccc(C(=O)Nc2cc(C(=O)OCCCCCCCCCCCC)ccc2C(=O)NCCCCCCCCCCCC)cc1NC(=O)c1ccc(OCCCCCCCCCCCC)cc1. The Bertz CT molecular complexity index is 2160. The highest BCUT2D eigenvalue weighted by Gasteiger charge is 2.21. The summed E-state index contributed by atoms with van der Waals surface area (Å²) >= 11 is 0. The van der Waals surface area contributed by atoms with Crippen LogP contribution in [0.4, 0.5) is 11.4 Å². The fraction of sp³-hybridized carbons (Fsp3) is 0.676. The van der Waals surface area contributed by atoms with Crippen LogP contribution >= 0.6 is 0 Å². The molecule has 3 aromatic rings. The zero-order valence-corrected chi connectivity index (χ0v) is 52.2. The minimum atomic E-state index is -0.587. The van der Waals surface area contributed by atoms with Gasteiger partial charge in [0.25, 0.3) is 23.6 Å². The van der Waals surface area contributed by atoms with E-state index >= 15 is 0 Å². The first kappa shape index (κ1) is 71.1. The first-order chi connectivity index (χ1) is 40.2. The van der Waals surface area contributed by atoms with E-state index in [2.05, 4.69) is 49.0 Å². The lowest BCUT2D eigenvalue weighted by molar-refractivity contribution is 0.0496. The number of nitrogens with one attached hydrogen (secondary N) is 4. The van der Waals surface area contributed by atoms with Crippen LogP contribution in [0.3, 0.4) is 0 Å². The van der Waals surface area contributed by atoms with E-state index < -0.39 is 17.8 Å². The van der Waals surface area contributed by atoms with E-state index in [4.69, 9.17) is 9.47 Å². The van der Waals surface area contributed by atoms with E-state index in [9.17, 15) is 24.0 Å². The average molecular weight is 1140 g/mol. The van der Waals surface area contributed by atoms with Gasteiger partial charge in [0, 0.05) is 24.2 Å². The summed E-state index contributed by atoms with van der Waals surface area (Å²) in [6.07, 6.45) is 47.7. The van der Waals surface area contributed by atoms with Gasteiger partial charge in [-0.3, -0.25) is 19.2 Å². The summed E-state index contributed by atoms with van der Waals surface area (Å²) in [4.78, 5) is 69.5. The van der Waals surface area contributed by atoms with Crippen molar-refractivity contribution in [2.45, 2.75) is 285 Å². The summed E-state index contributed by atoms with van der Waals surface area (Å²) in [5, 5.41) is 11.9. The van der Waals surface area contributed by atoms with Crippen molar-refractivity contribution in [3.05, 3.63) is 88.5 Å². The lowest BCUT2D eigenvalue weighted by atomic mass is 10.0. The quantitative estimate of drug-likeness (QED) is 0.0324. The number of carbonyl (C=O) groups excluding carboxylic acids is 5. The van der Waals surface area contributed by atoms with Gasteiger partial charge in [-0.15, -0.1) is 0 Å². The lowest BCUT2D eigenvalue weighted by Gasteiger charge is -2.16. The van der Waals surface area contributed by atoms with Crippen LogP contribution in [-0.4, -0.2) is 55.9 Å². The Kier molecular flexibility index (Phi) is 41.8. The van der Waals surface area contributed by atoms with Crippen molar-refractivity contribution in [3.63, 3.8) is 0 Å². The second-order valence-electron chi connectivity index (χ2n) is 23.2. The number of amides is 4. The molecular formula is C71H114N4O7. The molecule has 11 heteroatoms. The molecule has 0 aliphatic heterocycles. The molecule has 0 saturated heterocycles. The summed E-state index contributed by atoms with van der Waals surface area (Å²) in [5.41, 5.74) is 1.46.